The summed E-state index contributed by atoms with van der Waals surface area (Å²) >= 11 is 3.50. The van der Waals surface area contributed by atoms with Gasteiger partial charge in [-0.05, 0) is 24.6 Å². The molecule has 1 unspecified atom stereocenters. The van der Waals surface area contributed by atoms with Crippen molar-refractivity contribution < 1.29 is 14.6 Å². The van der Waals surface area contributed by atoms with Crippen molar-refractivity contribution in [3.63, 3.8) is 0 Å². The topological polar surface area (TPSA) is 41.9 Å². The summed E-state index contributed by atoms with van der Waals surface area (Å²) < 4.78 is 11.2. The Hall–Kier alpha value is -0.620. The van der Waals surface area contributed by atoms with Gasteiger partial charge in [-0.3, -0.25) is 0 Å². The molecule has 19 heavy (non-hydrogen) atoms. The highest BCUT2D eigenvalue weighted by Gasteiger charge is 2.11. The first-order valence-electron chi connectivity index (χ1n) is 6.30. The van der Waals surface area contributed by atoms with E-state index >= 15 is 0 Å². The molecule has 0 fully saturated rings. The van der Waals surface area contributed by atoms with Crippen LogP contribution in [-0.4, -0.2) is 45.6 Å². The van der Waals surface area contributed by atoms with Gasteiger partial charge in [0.05, 0.1) is 19.3 Å². The Morgan fingerprint density at radius 3 is 2.21 bits per heavy atom. The maximum Gasteiger partial charge on any atom is 0.0772 e. The first kappa shape index (κ1) is 16.4. The third-order valence-electron chi connectivity index (χ3n) is 2.93. The number of nitrogens with zero attached hydrogens (tertiary/aromatic N) is 1. The average molecular weight is 332 g/mol. The zero-order valence-corrected chi connectivity index (χ0v) is 13.3. The number of hydrogen-bond donors (Lipinski definition) is 1. The SMILES string of the molecule is COCCN(CCOC)c1ccc(C(C)O)c(Br)c1. The summed E-state index contributed by atoms with van der Waals surface area (Å²) in [5.74, 6) is 0. The summed E-state index contributed by atoms with van der Waals surface area (Å²) in [6.45, 7) is 4.70. The van der Waals surface area contributed by atoms with Crippen LogP contribution in [0.5, 0.6) is 0 Å². The van der Waals surface area contributed by atoms with Crippen molar-refractivity contribution in [1.29, 1.82) is 0 Å². The number of aliphatic hydroxyl groups excluding tert-OH is 1. The third-order valence-corrected chi connectivity index (χ3v) is 3.62. The highest BCUT2D eigenvalue weighted by atomic mass is 79.9. The Kier molecular flexibility index (Phi) is 7.38. The summed E-state index contributed by atoms with van der Waals surface area (Å²) in [5.41, 5.74) is 1.98. The van der Waals surface area contributed by atoms with Crippen LogP contribution in [0.25, 0.3) is 0 Å². The standard InChI is InChI=1S/C14H22BrNO3/c1-11(17)13-5-4-12(10-14(13)15)16(6-8-18-2)7-9-19-3/h4-5,10-11,17H,6-9H2,1-3H3. The van der Waals surface area contributed by atoms with Gasteiger partial charge >= 0.3 is 0 Å². The minimum atomic E-state index is -0.477. The largest absolute Gasteiger partial charge is 0.389 e. The highest BCUT2D eigenvalue weighted by Crippen LogP contribution is 2.28. The molecule has 0 saturated heterocycles. The van der Waals surface area contributed by atoms with Gasteiger partial charge in [-0.1, -0.05) is 22.0 Å². The molecule has 1 aromatic carbocycles. The van der Waals surface area contributed by atoms with Crippen molar-refractivity contribution >= 4 is 21.6 Å². The van der Waals surface area contributed by atoms with Crippen LogP contribution >= 0.6 is 15.9 Å². The molecule has 0 bridgehead atoms. The van der Waals surface area contributed by atoms with Crippen LogP contribution < -0.4 is 4.90 Å². The molecule has 0 aliphatic heterocycles. The molecule has 0 aliphatic carbocycles. The number of ether oxygens (including phenoxy) is 2. The van der Waals surface area contributed by atoms with E-state index in [9.17, 15) is 5.11 Å². The van der Waals surface area contributed by atoms with Gasteiger partial charge in [-0.25, -0.2) is 0 Å². The average Bonchev–Trinajstić information content (AvgIpc) is 2.38. The number of halogens is 1. The van der Waals surface area contributed by atoms with Gasteiger partial charge in [-0.15, -0.1) is 0 Å². The number of rotatable bonds is 8. The smallest absolute Gasteiger partial charge is 0.0772 e. The second-order valence-corrected chi connectivity index (χ2v) is 5.21. The summed E-state index contributed by atoms with van der Waals surface area (Å²) in [5, 5.41) is 9.63. The molecular weight excluding hydrogens is 310 g/mol. The van der Waals surface area contributed by atoms with Gasteiger partial charge in [0.1, 0.15) is 0 Å². The van der Waals surface area contributed by atoms with Gasteiger partial charge in [0.2, 0.25) is 0 Å². The van der Waals surface area contributed by atoms with Gasteiger partial charge in [0.15, 0.2) is 0 Å². The van der Waals surface area contributed by atoms with E-state index in [0.29, 0.717) is 13.2 Å². The Balaban J connectivity index is 2.85. The molecule has 1 aromatic rings. The molecule has 0 heterocycles. The molecular formula is C14H22BrNO3. The van der Waals surface area contributed by atoms with Crippen LogP contribution in [0.3, 0.4) is 0 Å². The first-order chi connectivity index (χ1) is 9.10. The lowest BCUT2D eigenvalue weighted by Gasteiger charge is -2.25. The van der Waals surface area contributed by atoms with Crippen LogP contribution in [0.15, 0.2) is 22.7 Å². The molecule has 1 rings (SSSR count). The summed E-state index contributed by atoms with van der Waals surface area (Å²) in [6, 6.07) is 5.97. The Morgan fingerprint density at radius 2 is 1.79 bits per heavy atom. The van der Waals surface area contributed by atoms with Crippen molar-refractivity contribution in [1.82, 2.24) is 0 Å². The van der Waals surface area contributed by atoms with Crippen LogP contribution in [0, 0.1) is 0 Å². The van der Waals surface area contributed by atoms with Crippen molar-refractivity contribution in [3.05, 3.63) is 28.2 Å². The van der Waals surface area contributed by atoms with E-state index in [0.717, 1.165) is 28.8 Å². The molecule has 0 saturated carbocycles. The normalized spacial score (nSPS) is 12.5. The fourth-order valence-electron chi connectivity index (χ4n) is 1.82. The molecule has 0 amide bonds. The first-order valence-corrected chi connectivity index (χ1v) is 7.09. The Bertz CT molecular complexity index is 377. The number of anilines is 1. The van der Waals surface area contributed by atoms with E-state index in [1.165, 1.54) is 0 Å². The Morgan fingerprint density at radius 1 is 1.21 bits per heavy atom. The van der Waals surface area contributed by atoms with Crippen molar-refractivity contribution in [2.45, 2.75) is 13.0 Å². The Labute approximate surface area is 123 Å². The van der Waals surface area contributed by atoms with Gasteiger partial charge in [0, 0.05) is 37.5 Å². The quantitative estimate of drug-likeness (QED) is 0.795. The lowest BCUT2D eigenvalue weighted by atomic mass is 10.1. The molecule has 108 valence electrons. The predicted octanol–water partition coefficient (Wildman–Crippen LogP) is 2.60. The molecule has 0 radical (unpaired) electrons. The van der Waals surface area contributed by atoms with E-state index in [1.807, 2.05) is 18.2 Å². The fraction of sp³-hybridized carbons (Fsp3) is 0.571. The minimum Gasteiger partial charge on any atom is -0.389 e. The second kappa shape index (κ2) is 8.53. The number of hydrogen-bond acceptors (Lipinski definition) is 4. The van der Waals surface area contributed by atoms with E-state index in [4.69, 9.17) is 9.47 Å². The highest BCUT2D eigenvalue weighted by molar-refractivity contribution is 9.10. The number of aliphatic hydroxyl groups is 1. The van der Waals surface area contributed by atoms with E-state index in [-0.39, 0.29) is 0 Å². The van der Waals surface area contributed by atoms with Gasteiger partial charge in [0.25, 0.3) is 0 Å². The van der Waals surface area contributed by atoms with Gasteiger partial charge in [-0.2, -0.15) is 0 Å². The third kappa shape index (κ3) is 5.10. The maximum atomic E-state index is 9.63. The van der Waals surface area contributed by atoms with Crippen molar-refractivity contribution in [3.8, 4) is 0 Å². The second-order valence-electron chi connectivity index (χ2n) is 4.35. The summed E-state index contributed by atoms with van der Waals surface area (Å²) in [4.78, 5) is 2.20. The van der Waals surface area contributed by atoms with E-state index < -0.39 is 6.10 Å². The molecule has 4 nitrogen and oxygen atoms in total. The number of methoxy groups -OCH3 is 2. The maximum absolute atomic E-state index is 9.63. The summed E-state index contributed by atoms with van der Waals surface area (Å²) in [6.07, 6.45) is -0.477. The fourth-order valence-corrected chi connectivity index (χ4v) is 2.52. The van der Waals surface area contributed by atoms with Crippen LogP contribution in [0.1, 0.15) is 18.6 Å². The predicted molar refractivity (Wildman–Crippen MR) is 80.7 cm³/mol. The van der Waals surface area contributed by atoms with Crippen LogP contribution in [-0.2, 0) is 9.47 Å². The van der Waals surface area contributed by atoms with Crippen molar-refractivity contribution in [2.75, 3.05) is 45.4 Å². The minimum absolute atomic E-state index is 0.477. The molecule has 1 N–H and O–H groups in total. The molecule has 1 atom stereocenters. The lowest BCUT2D eigenvalue weighted by Crippen LogP contribution is -2.30. The van der Waals surface area contributed by atoms with E-state index in [1.54, 1.807) is 21.1 Å². The zero-order chi connectivity index (χ0) is 14.3. The molecule has 5 heteroatoms. The molecule has 0 aromatic heterocycles. The van der Waals surface area contributed by atoms with Crippen molar-refractivity contribution in [2.24, 2.45) is 0 Å². The van der Waals surface area contributed by atoms with Gasteiger partial charge < -0.3 is 19.5 Å². The van der Waals surface area contributed by atoms with Crippen LogP contribution in [0.2, 0.25) is 0 Å². The summed E-state index contributed by atoms with van der Waals surface area (Å²) in [7, 11) is 3.39. The number of benzene rings is 1. The monoisotopic (exact) mass is 331 g/mol. The lowest BCUT2D eigenvalue weighted by molar-refractivity contribution is 0.190. The van der Waals surface area contributed by atoms with Crippen LogP contribution in [0.4, 0.5) is 5.69 Å². The van der Waals surface area contributed by atoms with E-state index in [2.05, 4.69) is 20.8 Å². The zero-order valence-electron chi connectivity index (χ0n) is 11.7. The molecule has 0 spiro atoms. The molecule has 0 aliphatic rings.